The van der Waals surface area contributed by atoms with Crippen molar-refractivity contribution in [2.24, 2.45) is 0 Å². The van der Waals surface area contributed by atoms with Crippen molar-refractivity contribution in [2.75, 3.05) is 0 Å². The third-order valence-corrected chi connectivity index (χ3v) is 3.53. The van der Waals surface area contributed by atoms with Crippen molar-refractivity contribution < 1.29 is 4.39 Å². The highest BCUT2D eigenvalue weighted by Crippen LogP contribution is 2.20. The number of nitrogens with one attached hydrogen (secondary N) is 1. The molecule has 0 spiro atoms. The molecule has 0 amide bonds. The van der Waals surface area contributed by atoms with Crippen molar-refractivity contribution in [1.82, 2.24) is 5.32 Å². The molecule has 2 rings (SSSR count). The summed E-state index contributed by atoms with van der Waals surface area (Å²) in [6.07, 6.45) is 0. The molecular formula is C16H17ClFN. The van der Waals surface area contributed by atoms with Crippen molar-refractivity contribution in [1.29, 1.82) is 0 Å². The van der Waals surface area contributed by atoms with Crippen molar-refractivity contribution in [3.05, 3.63) is 70.0 Å². The minimum absolute atomic E-state index is 0.0569. The largest absolute Gasteiger partial charge is 0.306 e. The highest BCUT2D eigenvalue weighted by atomic mass is 35.5. The fourth-order valence-corrected chi connectivity index (χ4v) is 2.30. The molecule has 0 saturated carbocycles. The van der Waals surface area contributed by atoms with Gasteiger partial charge < -0.3 is 5.32 Å². The van der Waals surface area contributed by atoms with Crippen LogP contribution in [0, 0.1) is 12.7 Å². The Morgan fingerprint density at radius 1 is 1.21 bits per heavy atom. The van der Waals surface area contributed by atoms with E-state index in [1.54, 1.807) is 12.1 Å². The summed E-state index contributed by atoms with van der Waals surface area (Å²) in [5, 5.41) is 4.04. The quantitative estimate of drug-likeness (QED) is 0.858. The summed E-state index contributed by atoms with van der Waals surface area (Å²) in [7, 11) is 0. The SMILES string of the molecule is Cc1ccc(CN[C@H](C)c2ccccc2F)c(Cl)c1. The molecule has 0 aliphatic heterocycles. The summed E-state index contributed by atoms with van der Waals surface area (Å²) in [6, 6.07) is 12.7. The topological polar surface area (TPSA) is 12.0 Å². The molecule has 0 fully saturated rings. The maximum Gasteiger partial charge on any atom is 0.127 e. The van der Waals surface area contributed by atoms with Crippen molar-refractivity contribution in [2.45, 2.75) is 26.4 Å². The predicted octanol–water partition coefficient (Wildman–Crippen LogP) is 4.64. The lowest BCUT2D eigenvalue weighted by Crippen LogP contribution is -2.19. The fourth-order valence-electron chi connectivity index (χ4n) is 1.99. The number of halogens is 2. The number of hydrogen-bond donors (Lipinski definition) is 1. The second-order valence-corrected chi connectivity index (χ2v) is 5.13. The van der Waals surface area contributed by atoms with Gasteiger partial charge in [-0.15, -0.1) is 0 Å². The Morgan fingerprint density at radius 3 is 2.63 bits per heavy atom. The zero-order valence-corrected chi connectivity index (χ0v) is 11.8. The summed E-state index contributed by atoms with van der Waals surface area (Å²) in [4.78, 5) is 0. The van der Waals surface area contributed by atoms with Crippen LogP contribution in [0.15, 0.2) is 42.5 Å². The first-order valence-electron chi connectivity index (χ1n) is 6.31. The summed E-state index contributed by atoms with van der Waals surface area (Å²) >= 11 is 6.18. The van der Waals surface area contributed by atoms with E-state index < -0.39 is 0 Å². The minimum Gasteiger partial charge on any atom is -0.306 e. The Morgan fingerprint density at radius 2 is 1.95 bits per heavy atom. The van der Waals surface area contributed by atoms with Crippen molar-refractivity contribution >= 4 is 11.6 Å². The van der Waals surface area contributed by atoms with E-state index in [1.807, 2.05) is 38.1 Å². The molecule has 100 valence electrons. The molecule has 2 aromatic carbocycles. The van der Waals surface area contributed by atoms with Crippen LogP contribution >= 0.6 is 11.6 Å². The first kappa shape index (κ1) is 14.0. The van der Waals surface area contributed by atoms with Crippen molar-refractivity contribution in [3.63, 3.8) is 0 Å². The second-order valence-electron chi connectivity index (χ2n) is 4.72. The molecule has 1 atom stereocenters. The van der Waals surface area contributed by atoms with Gasteiger partial charge in [0.1, 0.15) is 5.82 Å². The van der Waals surface area contributed by atoms with Crippen LogP contribution in [0.3, 0.4) is 0 Å². The lowest BCUT2D eigenvalue weighted by Gasteiger charge is -2.15. The summed E-state index contributed by atoms with van der Waals surface area (Å²) in [6.45, 7) is 4.57. The third-order valence-electron chi connectivity index (χ3n) is 3.18. The van der Waals surface area contributed by atoms with Gasteiger partial charge in [-0.05, 0) is 37.1 Å². The molecule has 0 unspecified atom stereocenters. The van der Waals surface area contributed by atoms with Gasteiger partial charge in [0.05, 0.1) is 0 Å². The molecule has 0 bridgehead atoms. The van der Waals surface area contributed by atoms with E-state index in [0.29, 0.717) is 12.1 Å². The van der Waals surface area contributed by atoms with Gasteiger partial charge in [0.25, 0.3) is 0 Å². The number of aryl methyl sites for hydroxylation is 1. The average Bonchev–Trinajstić information content (AvgIpc) is 2.38. The van der Waals surface area contributed by atoms with E-state index in [1.165, 1.54) is 6.07 Å². The van der Waals surface area contributed by atoms with Crippen LogP contribution in [0.2, 0.25) is 5.02 Å². The summed E-state index contributed by atoms with van der Waals surface area (Å²) in [5.74, 6) is -0.183. The lowest BCUT2D eigenvalue weighted by atomic mass is 10.1. The van der Waals surface area contributed by atoms with Crippen LogP contribution in [0.25, 0.3) is 0 Å². The maximum atomic E-state index is 13.6. The molecule has 1 N–H and O–H groups in total. The molecule has 2 aromatic rings. The van der Waals surface area contributed by atoms with E-state index in [4.69, 9.17) is 11.6 Å². The van der Waals surface area contributed by atoms with Gasteiger partial charge in [-0.3, -0.25) is 0 Å². The van der Waals surface area contributed by atoms with E-state index in [2.05, 4.69) is 5.32 Å². The summed E-state index contributed by atoms with van der Waals surface area (Å²) in [5.41, 5.74) is 2.83. The number of rotatable bonds is 4. The molecule has 1 nitrogen and oxygen atoms in total. The Hall–Kier alpha value is -1.38. The van der Waals surface area contributed by atoms with E-state index in [0.717, 1.165) is 16.1 Å². The molecule has 3 heteroatoms. The van der Waals surface area contributed by atoms with E-state index >= 15 is 0 Å². The molecule has 0 heterocycles. The Labute approximate surface area is 118 Å². The molecule has 0 aliphatic rings. The predicted molar refractivity (Wildman–Crippen MR) is 77.8 cm³/mol. The standard InChI is InChI=1S/C16H17ClFN/c1-11-7-8-13(15(17)9-11)10-19-12(2)14-5-3-4-6-16(14)18/h3-9,12,19H,10H2,1-2H3/t12-/m1/s1. The molecule has 0 aliphatic carbocycles. The van der Waals surface area contributed by atoms with Crippen LogP contribution in [0.4, 0.5) is 4.39 Å². The lowest BCUT2D eigenvalue weighted by molar-refractivity contribution is 0.528. The minimum atomic E-state index is -0.183. The van der Waals surface area contributed by atoms with Crippen LogP contribution in [-0.2, 0) is 6.54 Å². The van der Waals surface area contributed by atoms with Crippen LogP contribution in [0.5, 0.6) is 0 Å². The van der Waals surface area contributed by atoms with Gasteiger partial charge in [0.15, 0.2) is 0 Å². The Balaban J connectivity index is 2.04. The van der Waals surface area contributed by atoms with Gasteiger partial charge in [-0.1, -0.05) is 41.9 Å². The molecular weight excluding hydrogens is 261 g/mol. The van der Waals surface area contributed by atoms with Gasteiger partial charge in [-0.25, -0.2) is 4.39 Å². The van der Waals surface area contributed by atoms with Crippen LogP contribution < -0.4 is 5.32 Å². The van der Waals surface area contributed by atoms with Crippen LogP contribution in [0.1, 0.15) is 29.7 Å². The second kappa shape index (κ2) is 6.18. The maximum absolute atomic E-state index is 13.6. The monoisotopic (exact) mass is 277 g/mol. The van der Waals surface area contributed by atoms with Gasteiger partial charge in [0, 0.05) is 23.2 Å². The normalized spacial score (nSPS) is 12.4. The average molecular weight is 278 g/mol. The fraction of sp³-hybridized carbons (Fsp3) is 0.250. The first-order chi connectivity index (χ1) is 9.08. The zero-order valence-electron chi connectivity index (χ0n) is 11.1. The van der Waals surface area contributed by atoms with E-state index in [9.17, 15) is 4.39 Å². The third kappa shape index (κ3) is 3.55. The Bertz CT molecular complexity index is 568. The molecule has 19 heavy (non-hydrogen) atoms. The number of hydrogen-bond acceptors (Lipinski definition) is 1. The van der Waals surface area contributed by atoms with Gasteiger partial charge in [0.2, 0.25) is 0 Å². The first-order valence-corrected chi connectivity index (χ1v) is 6.68. The summed E-state index contributed by atoms with van der Waals surface area (Å²) < 4.78 is 13.6. The molecule has 0 aromatic heterocycles. The smallest absolute Gasteiger partial charge is 0.127 e. The van der Waals surface area contributed by atoms with E-state index in [-0.39, 0.29) is 11.9 Å². The molecule has 0 saturated heterocycles. The Kier molecular flexibility index (Phi) is 4.56. The van der Waals surface area contributed by atoms with Crippen LogP contribution in [-0.4, -0.2) is 0 Å². The number of benzene rings is 2. The highest BCUT2D eigenvalue weighted by molar-refractivity contribution is 6.31. The van der Waals surface area contributed by atoms with Crippen molar-refractivity contribution in [3.8, 4) is 0 Å². The van der Waals surface area contributed by atoms with Gasteiger partial charge >= 0.3 is 0 Å². The highest BCUT2D eigenvalue weighted by Gasteiger charge is 2.10. The molecule has 0 radical (unpaired) electrons. The van der Waals surface area contributed by atoms with Gasteiger partial charge in [-0.2, -0.15) is 0 Å². The zero-order chi connectivity index (χ0) is 13.8.